The molecular weight excluding hydrogens is 292 g/mol. The van der Waals surface area contributed by atoms with Gasteiger partial charge < -0.3 is 9.16 Å². The molecule has 128 valence electrons. The molecule has 0 aliphatic heterocycles. The number of ether oxygens (including phenoxy) is 1. The maximum absolute atomic E-state index is 11.8. The summed E-state index contributed by atoms with van der Waals surface area (Å²) in [6.45, 7) is 18.8. The molecule has 0 aromatic carbocycles. The van der Waals surface area contributed by atoms with Crippen molar-refractivity contribution in [3.05, 3.63) is 12.7 Å². The monoisotopic (exact) mass is 326 g/mol. The Morgan fingerprint density at radius 2 is 1.59 bits per heavy atom. The third kappa shape index (κ3) is 4.02. The predicted octanol–water partition coefficient (Wildman–Crippen LogP) is 5.22. The molecule has 0 bridgehead atoms. The maximum Gasteiger partial charge on any atom is 0.330 e. The van der Waals surface area contributed by atoms with Gasteiger partial charge in [0, 0.05) is 6.08 Å². The van der Waals surface area contributed by atoms with E-state index in [4.69, 9.17) is 9.16 Å². The summed E-state index contributed by atoms with van der Waals surface area (Å²) in [6.07, 6.45) is 6.64. The Labute approximate surface area is 137 Å². The van der Waals surface area contributed by atoms with Crippen molar-refractivity contribution in [1.82, 2.24) is 0 Å². The molecule has 1 saturated carbocycles. The van der Waals surface area contributed by atoms with Crippen molar-refractivity contribution >= 4 is 14.3 Å². The fourth-order valence-corrected chi connectivity index (χ4v) is 4.71. The van der Waals surface area contributed by atoms with Crippen LogP contribution in [0.2, 0.25) is 18.1 Å². The molecule has 0 heterocycles. The Bertz CT molecular complexity index is 413. The molecule has 0 atom stereocenters. The lowest BCUT2D eigenvalue weighted by Gasteiger charge is -2.53. The summed E-state index contributed by atoms with van der Waals surface area (Å²) >= 11 is 0. The van der Waals surface area contributed by atoms with Crippen LogP contribution in [0.3, 0.4) is 0 Å². The second-order valence-electron chi connectivity index (χ2n) is 8.55. The summed E-state index contributed by atoms with van der Waals surface area (Å²) in [5, 5.41) is 0.135. The van der Waals surface area contributed by atoms with Crippen molar-refractivity contribution in [3.8, 4) is 0 Å². The van der Waals surface area contributed by atoms with Gasteiger partial charge in [-0.3, -0.25) is 0 Å². The SMILES string of the molecule is C=CC(=O)OC(C)(C)C1(O[Si](C)(C)C(C)(C)C)CCCCC1. The Hall–Kier alpha value is -0.613. The Balaban J connectivity index is 3.15. The molecule has 4 heteroatoms. The first-order valence-electron chi connectivity index (χ1n) is 8.42. The van der Waals surface area contributed by atoms with Gasteiger partial charge in [0.25, 0.3) is 0 Å². The van der Waals surface area contributed by atoms with Gasteiger partial charge in [-0.25, -0.2) is 4.79 Å². The summed E-state index contributed by atoms with van der Waals surface area (Å²) in [7, 11) is -1.95. The van der Waals surface area contributed by atoms with Crippen LogP contribution in [-0.4, -0.2) is 25.5 Å². The van der Waals surface area contributed by atoms with Crippen LogP contribution in [0.5, 0.6) is 0 Å². The highest BCUT2D eigenvalue weighted by Crippen LogP contribution is 2.48. The summed E-state index contributed by atoms with van der Waals surface area (Å²) in [6, 6.07) is 0. The van der Waals surface area contributed by atoms with E-state index in [2.05, 4.69) is 40.4 Å². The van der Waals surface area contributed by atoms with Crippen molar-refractivity contribution in [1.29, 1.82) is 0 Å². The topological polar surface area (TPSA) is 35.5 Å². The van der Waals surface area contributed by atoms with E-state index in [1.807, 2.05) is 13.8 Å². The fourth-order valence-electron chi connectivity index (χ4n) is 2.98. The fraction of sp³-hybridized carbons (Fsp3) is 0.833. The van der Waals surface area contributed by atoms with Gasteiger partial charge in [-0.15, -0.1) is 0 Å². The third-order valence-corrected chi connectivity index (χ3v) is 10.1. The average Bonchev–Trinajstić information content (AvgIpc) is 2.37. The average molecular weight is 327 g/mol. The second-order valence-corrected chi connectivity index (χ2v) is 13.3. The molecule has 0 aromatic heterocycles. The lowest BCUT2D eigenvalue weighted by atomic mass is 9.74. The van der Waals surface area contributed by atoms with E-state index in [1.54, 1.807) is 0 Å². The molecule has 3 nitrogen and oxygen atoms in total. The van der Waals surface area contributed by atoms with Crippen LogP contribution in [0, 0.1) is 0 Å². The van der Waals surface area contributed by atoms with Crippen LogP contribution >= 0.6 is 0 Å². The van der Waals surface area contributed by atoms with Crippen LogP contribution in [0.15, 0.2) is 12.7 Å². The molecule has 0 radical (unpaired) electrons. The Morgan fingerprint density at radius 1 is 1.09 bits per heavy atom. The first kappa shape index (κ1) is 19.4. The highest BCUT2D eigenvalue weighted by molar-refractivity contribution is 6.74. The van der Waals surface area contributed by atoms with Crippen LogP contribution in [0.25, 0.3) is 0 Å². The maximum atomic E-state index is 11.8. The lowest BCUT2D eigenvalue weighted by molar-refractivity contribution is -0.185. The number of carbonyl (C=O) groups excluding carboxylic acids is 1. The molecule has 1 fully saturated rings. The first-order valence-corrected chi connectivity index (χ1v) is 11.3. The van der Waals surface area contributed by atoms with Gasteiger partial charge in [-0.05, 0) is 44.8 Å². The zero-order valence-corrected chi connectivity index (χ0v) is 16.5. The largest absolute Gasteiger partial charge is 0.453 e. The molecule has 1 aliphatic rings. The molecule has 0 N–H and O–H groups in total. The van der Waals surface area contributed by atoms with Gasteiger partial charge in [0.1, 0.15) is 5.60 Å². The molecule has 0 spiro atoms. The normalized spacial score (nSPS) is 19.6. The van der Waals surface area contributed by atoms with E-state index < -0.39 is 13.9 Å². The van der Waals surface area contributed by atoms with Crippen molar-refractivity contribution in [2.75, 3.05) is 0 Å². The van der Waals surface area contributed by atoms with Gasteiger partial charge in [0.05, 0.1) is 5.60 Å². The van der Waals surface area contributed by atoms with E-state index in [0.717, 1.165) is 25.7 Å². The Kier molecular flexibility index (Phi) is 5.72. The van der Waals surface area contributed by atoms with E-state index in [-0.39, 0.29) is 16.6 Å². The first-order chi connectivity index (χ1) is 9.87. The molecule has 1 aliphatic carbocycles. The molecule has 0 unspecified atom stereocenters. The van der Waals surface area contributed by atoms with E-state index in [0.29, 0.717) is 0 Å². The molecule has 22 heavy (non-hydrogen) atoms. The summed E-state index contributed by atoms with van der Waals surface area (Å²) in [4.78, 5) is 11.8. The highest BCUT2D eigenvalue weighted by atomic mass is 28.4. The number of esters is 1. The standard InChI is InChI=1S/C18H34O3Si/c1-9-15(19)20-17(5,6)18(13-11-10-12-14-18)21-22(7,8)16(2,3)4/h9H,1,10-14H2,2-8H3. The van der Waals surface area contributed by atoms with Crippen molar-refractivity contribution in [2.45, 2.75) is 96.1 Å². The van der Waals surface area contributed by atoms with Crippen LogP contribution in [0.1, 0.15) is 66.7 Å². The minimum absolute atomic E-state index is 0.135. The molecule has 0 saturated heterocycles. The summed E-state index contributed by atoms with van der Waals surface area (Å²) < 4.78 is 12.6. The van der Waals surface area contributed by atoms with Crippen molar-refractivity contribution < 1.29 is 14.0 Å². The second kappa shape index (κ2) is 6.48. The minimum atomic E-state index is -1.95. The van der Waals surface area contributed by atoms with Crippen LogP contribution in [0.4, 0.5) is 0 Å². The van der Waals surface area contributed by atoms with E-state index in [9.17, 15) is 4.79 Å². The summed E-state index contributed by atoms with van der Waals surface area (Å²) in [5.74, 6) is -0.367. The number of hydrogen-bond acceptors (Lipinski definition) is 3. The van der Waals surface area contributed by atoms with Crippen molar-refractivity contribution in [3.63, 3.8) is 0 Å². The highest BCUT2D eigenvalue weighted by Gasteiger charge is 2.54. The Morgan fingerprint density at radius 3 is 2.00 bits per heavy atom. The number of carbonyl (C=O) groups is 1. The molecular formula is C18H34O3Si. The zero-order valence-electron chi connectivity index (χ0n) is 15.5. The van der Waals surface area contributed by atoms with Crippen LogP contribution < -0.4 is 0 Å². The quantitative estimate of drug-likeness (QED) is 0.395. The van der Waals surface area contributed by atoms with Crippen LogP contribution in [-0.2, 0) is 14.0 Å². The van der Waals surface area contributed by atoms with Gasteiger partial charge >= 0.3 is 5.97 Å². The zero-order chi connectivity index (χ0) is 17.2. The lowest BCUT2D eigenvalue weighted by Crippen LogP contribution is -2.61. The van der Waals surface area contributed by atoms with Crippen molar-refractivity contribution in [2.24, 2.45) is 0 Å². The molecule has 0 aromatic rings. The van der Waals surface area contributed by atoms with E-state index >= 15 is 0 Å². The number of rotatable bonds is 5. The minimum Gasteiger partial charge on any atom is -0.453 e. The molecule has 1 rings (SSSR count). The van der Waals surface area contributed by atoms with Gasteiger partial charge in [0.2, 0.25) is 0 Å². The van der Waals surface area contributed by atoms with Gasteiger partial charge in [0.15, 0.2) is 8.32 Å². The third-order valence-electron chi connectivity index (χ3n) is 5.54. The van der Waals surface area contributed by atoms with E-state index in [1.165, 1.54) is 12.5 Å². The summed E-state index contributed by atoms with van der Waals surface area (Å²) in [5.41, 5.74) is -1.03. The number of hydrogen-bond donors (Lipinski definition) is 0. The van der Waals surface area contributed by atoms with Gasteiger partial charge in [-0.1, -0.05) is 46.6 Å². The molecule has 0 amide bonds. The van der Waals surface area contributed by atoms with Gasteiger partial charge in [-0.2, -0.15) is 0 Å². The predicted molar refractivity (Wildman–Crippen MR) is 94.5 cm³/mol. The smallest absolute Gasteiger partial charge is 0.330 e.